The minimum atomic E-state index is -0.0370. The van der Waals surface area contributed by atoms with Gasteiger partial charge in [0.2, 0.25) is 5.78 Å². The van der Waals surface area contributed by atoms with Crippen LogP contribution in [0.15, 0.2) is 59.7 Å². The van der Waals surface area contributed by atoms with Gasteiger partial charge in [-0.3, -0.25) is 14.3 Å². The molecule has 0 spiro atoms. The van der Waals surface area contributed by atoms with Gasteiger partial charge in [-0.2, -0.15) is 10.1 Å². The quantitative estimate of drug-likeness (QED) is 0.463. The molecule has 0 aliphatic carbocycles. The first kappa shape index (κ1) is 19.5. The van der Waals surface area contributed by atoms with E-state index >= 15 is 0 Å². The van der Waals surface area contributed by atoms with Crippen molar-refractivity contribution in [2.75, 3.05) is 6.54 Å². The van der Waals surface area contributed by atoms with Gasteiger partial charge in [0.25, 0.3) is 5.56 Å². The van der Waals surface area contributed by atoms with E-state index in [9.17, 15) is 4.79 Å². The molecule has 1 aliphatic rings. The van der Waals surface area contributed by atoms with Crippen molar-refractivity contribution < 1.29 is 0 Å². The van der Waals surface area contributed by atoms with Gasteiger partial charge < -0.3 is 0 Å². The molecular weight excluding hydrogens is 412 g/mol. The first-order valence-electron chi connectivity index (χ1n) is 10.00. The van der Waals surface area contributed by atoms with Crippen molar-refractivity contribution in [3.8, 4) is 0 Å². The van der Waals surface area contributed by atoms with Crippen LogP contribution in [-0.4, -0.2) is 30.6 Å². The summed E-state index contributed by atoms with van der Waals surface area (Å²) in [6, 6.07) is 15.1. The number of aromatic nitrogens is 4. The Hall–Kier alpha value is -3.47. The lowest BCUT2D eigenvalue weighted by atomic mass is 10.1. The Morgan fingerprint density at radius 1 is 1.10 bits per heavy atom. The number of benzene rings is 2. The molecular formula is C23H19ClN6O. The van der Waals surface area contributed by atoms with Gasteiger partial charge in [0.05, 0.1) is 24.4 Å². The lowest BCUT2D eigenvalue weighted by molar-refractivity contribution is 0.239. The molecule has 0 atom stereocenters. The SMILES string of the molecule is [C-]#[N+]c1cccc(CN2CCc3c(c(=O)n(Cc4ccc(Cl)cc4)c4ncnn34)C2)c1. The van der Waals surface area contributed by atoms with Gasteiger partial charge >= 0.3 is 0 Å². The van der Waals surface area contributed by atoms with Crippen molar-refractivity contribution in [2.24, 2.45) is 0 Å². The summed E-state index contributed by atoms with van der Waals surface area (Å²) in [5.41, 5.74) is 4.31. The highest BCUT2D eigenvalue weighted by Gasteiger charge is 2.25. The predicted molar refractivity (Wildman–Crippen MR) is 118 cm³/mol. The molecule has 7 nitrogen and oxygen atoms in total. The molecule has 31 heavy (non-hydrogen) atoms. The number of halogens is 1. The van der Waals surface area contributed by atoms with Gasteiger partial charge in [0.1, 0.15) is 6.33 Å². The van der Waals surface area contributed by atoms with Gasteiger partial charge in [-0.15, -0.1) is 0 Å². The average Bonchev–Trinajstić information content (AvgIpc) is 3.28. The molecule has 0 radical (unpaired) electrons. The Balaban J connectivity index is 1.50. The van der Waals surface area contributed by atoms with E-state index in [4.69, 9.17) is 18.2 Å². The zero-order valence-electron chi connectivity index (χ0n) is 16.7. The Bertz CT molecular complexity index is 1370. The highest BCUT2D eigenvalue weighted by molar-refractivity contribution is 6.30. The van der Waals surface area contributed by atoms with Crippen LogP contribution >= 0.6 is 11.6 Å². The van der Waals surface area contributed by atoms with Crippen molar-refractivity contribution in [1.29, 1.82) is 0 Å². The molecule has 5 rings (SSSR count). The van der Waals surface area contributed by atoms with E-state index in [0.717, 1.165) is 28.9 Å². The summed E-state index contributed by atoms with van der Waals surface area (Å²) in [7, 11) is 0. The second-order valence-corrected chi connectivity index (χ2v) is 8.09. The molecule has 0 N–H and O–H groups in total. The minimum Gasteiger partial charge on any atom is -0.294 e. The van der Waals surface area contributed by atoms with Crippen molar-refractivity contribution in [3.05, 3.63) is 104 Å². The van der Waals surface area contributed by atoms with Crippen molar-refractivity contribution in [2.45, 2.75) is 26.1 Å². The van der Waals surface area contributed by atoms with Crippen molar-refractivity contribution in [1.82, 2.24) is 24.1 Å². The van der Waals surface area contributed by atoms with Crippen LogP contribution in [0.5, 0.6) is 0 Å². The molecule has 2 aromatic heterocycles. The van der Waals surface area contributed by atoms with E-state index < -0.39 is 0 Å². The molecule has 0 saturated carbocycles. The average molecular weight is 431 g/mol. The molecule has 0 fully saturated rings. The van der Waals surface area contributed by atoms with Gasteiger partial charge in [0, 0.05) is 31.1 Å². The van der Waals surface area contributed by atoms with Gasteiger partial charge in [-0.1, -0.05) is 48.0 Å². The summed E-state index contributed by atoms with van der Waals surface area (Å²) in [6.07, 6.45) is 2.21. The van der Waals surface area contributed by atoms with Crippen LogP contribution in [-0.2, 0) is 26.1 Å². The van der Waals surface area contributed by atoms with E-state index in [1.807, 2.05) is 42.5 Å². The summed E-state index contributed by atoms with van der Waals surface area (Å²) < 4.78 is 3.47. The van der Waals surface area contributed by atoms with Crippen LogP contribution in [0.25, 0.3) is 10.6 Å². The minimum absolute atomic E-state index is 0.0370. The summed E-state index contributed by atoms with van der Waals surface area (Å²) in [4.78, 5) is 23.6. The molecule has 0 amide bonds. The van der Waals surface area contributed by atoms with Crippen molar-refractivity contribution >= 4 is 23.1 Å². The summed E-state index contributed by atoms with van der Waals surface area (Å²) >= 11 is 6.00. The van der Waals surface area contributed by atoms with E-state index in [1.165, 1.54) is 6.33 Å². The normalized spacial score (nSPS) is 13.8. The first-order valence-corrected chi connectivity index (χ1v) is 10.4. The molecule has 1 aliphatic heterocycles. The number of nitrogens with zero attached hydrogens (tertiary/aromatic N) is 6. The third kappa shape index (κ3) is 3.72. The van der Waals surface area contributed by atoms with Crippen LogP contribution in [0.2, 0.25) is 5.02 Å². The van der Waals surface area contributed by atoms with E-state index in [1.54, 1.807) is 15.1 Å². The molecule has 0 bridgehead atoms. The fourth-order valence-corrected chi connectivity index (χ4v) is 4.26. The monoisotopic (exact) mass is 430 g/mol. The second-order valence-electron chi connectivity index (χ2n) is 7.66. The molecule has 2 aromatic carbocycles. The predicted octanol–water partition coefficient (Wildman–Crippen LogP) is 3.70. The van der Waals surface area contributed by atoms with Crippen LogP contribution in [0.4, 0.5) is 5.69 Å². The van der Waals surface area contributed by atoms with E-state index in [0.29, 0.717) is 42.5 Å². The third-order valence-corrected chi connectivity index (χ3v) is 5.88. The Labute approximate surface area is 184 Å². The van der Waals surface area contributed by atoms with Gasteiger partial charge in [-0.25, -0.2) is 9.36 Å². The van der Waals surface area contributed by atoms with Gasteiger partial charge in [0.15, 0.2) is 5.69 Å². The lowest BCUT2D eigenvalue weighted by Gasteiger charge is -2.29. The van der Waals surface area contributed by atoms with Gasteiger partial charge in [-0.05, 0) is 23.3 Å². The molecule has 154 valence electrons. The molecule has 3 heterocycles. The zero-order chi connectivity index (χ0) is 21.4. The molecule has 4 aromatic rings. The van der Waals surface area contributed by atoms with Crippen LogP contribution in [0, 0.1) is 6.57 Å². The van der Waals surface area contributed by atoms with Crippen LogP contribution in [0.3, 0.4) is 0 Å². The number of hydrogen-bond donors (Lipinski definition) is 0. The highest BCUT2D eigenvalue weighted by atomic mass is 35.5. The largest absolute Gasteiger partial charge is 0.294 e. The smallest absolute Gasteiger partial charge is 0.260 e. The van der Waals surface area contributed by atoms with E-state index in [2.05, 4.69) is 19.8 Å². The highest BCUT2D eigenvalue weighted by Crippen LogP contribution is 2.21. The Morgan fingerprint density at radius 3 is 2.74 bits per heavy atom. The fraction of sp³-hybridized carbons (Fsp3) is 0.217. The van der Waals surface area contributed by atoms with Crippen molar-refractivity contribution in [3.63, 3.8) is 0 Å². The number of rotatable bonds is 4. The number of hydrogen-bond acceptors (Lipinski definition) is 4. The Kier molecular flexibility index (Phi) is 5.02. The topological polar surface area (TPSA) is 59.8 Å². The van der Waals surface area contributed by atoms with Crippen LogP contribution < -0.4 is 5.56 Å². The fourth-order valence-electron chi connectivity index (χ4n) is 4.13. The second kappa shape index (κ2) is 7.99. The lowest BCUT2D eigenvalue weighted by Crippen LogP contribution is -2.39. The first-order chi connectivity index (χ1) is 15.1. The molecule has 0 saturated heterocycles. The maximum absolute atomic E-state index is 13.5. The maximum atomic E-state index is 13.5. The third-order valence-electron chi connectivity index (χ3n) is 5.62. The van der Waals surface area contributed by atoms with E-state index in [-0.39, 0.29) is 5.56 Å². The zero-order valence-corrected chi connectivity index (χ0v) is 17.5. The summed E-state index contributed by atoms with van der Waals surface area (Å²) in [5.74, 6) is 0.553. The summed E-state index contributed by atoms with van der Waals surface area (Å²) in [5, 5.41) is 5.05. The summed E-state index contributed by atoms with van der Waals surface area (Å²) in [6.45, 7) is 9.65. The Morgan fingerprint density at radius 2 is 1.94 bits per heavy atom. The number of fused-ring (bicyclic) bond motifs is 3. The maximum Gasteiger partial charge on any atom is 0.260 e. The molecule has 0 unspecified atom stereocenters. The van der Waals surface area contributed by atoms with Crippen LogP contribution in [0.1, 0.15) is 22.4 Å². The molecule has 8 heteroatoms. The standard InChI is InChI=1S/C23H19ClN6O/c1-25-19-4-2-3-17(11-19)12-28-10-9-21-20(14-28)22(31)29(23-26-15-27-30(21)23)13-16-5-7-18(24)8-6-16/h2-8,11,15H,9-10,12-14H2.